The van der Waals surface area contributed by atoms with Crippen LogP contribution < -0.4 is 10.1 Å². The van der Waals surface area contributed by atoms with Crippen molar-refractivity contribution in [3.05, 3.63) is 53.7 Å². The standard InChI is InChI=1S/C22H24F4N2O4S/c1-20(14-28-19(29)15-6-11-27-18(12-15)32-2)7-9-21(23,10-8-20)33(30,31)17-5-3-4-16(13-17)22(24,25)26/h3-6,11-13H,7-10,14H2,1-2H3,(H,28,29). The molecule has 6 nitrogen and oxygen atoms in total. The van der Waals surface area contributed by atoms with Gasteiger partial charge in [0.25, 0.3) is 5.91 Å². The number of alkyl halides is 4. The van der Waals surface area contributed by atoms with Crippen LogP contribution in [0.15, 0.2) is 47.5 Å². The van der Waals surface area contributed by atoms with Crippen LogP contribution in [0.5, 0.6) is 5.88 Å². The van der Waals surface area contributed by atoms with Crippen LogP contribution in [-0.4, -0.2) is 38.0 Å². The second-order valence-corrected chi connectivity index (χ2v) is 10.7. The fourth-order valence-corrected chi connectivity index (χ4v) is 5.49. The van der Waals surface area contributed by atoms with Crippen molar-refractivity contribution >= 4 is 15.7 Å². The highest BCUT2D eigenvalue weighted by atomic mass is 32.2. The number of methoxy groups -OCH3 is 1. The number of rotatable bonds is 6. The van der Waals surface area contributed by atoms with Gasteiger partial charge in [-0.15, -0.1) is 0 Å². The number of sulfone groups is 1. The first-order chi connectivity index (χ1) is 15.3. The lowest BCUT2D eigenvalue weighted by molar-refractivity contribution is -0.137. The minimum atomic E-state index is -4.74. The van der Waals surface area contributed by atoms with Crippen LogP contribution in [0.1, 0.15) is 48.5 Å². The lowest BCUT2D eigenvalue weighted by atomic mass is 9.74. The van der Waals surface area contributed by atoms with Gasteiger partial charge in [-0.1, -0.05) is 13.0 Å². The van der Waals surface area contributed by atoms with Gasteiger partial charge in [-0.2, -0.15) is 13.2 Å². The fraction of sp³-hybridized carbons (Fsp3) is 0.455. The number of carbonyl (C=O) groups is 1. The van der Waals surface area contributed by atoms with E-state index in [1.807, 2.05) is 0 Å². The van der Waals surface area contributed by atoms with E-state index >= 15 is 4.39 Å². The summed E-state index contributed by atoms with van der Waals surface area (Å²) in [6, 6.07) is 6.11. The molecule has 1 aromatic heterocycles. The Hall–Kier alpha value is -2.69. The minimum absolute atomic E-state index is 0.127. The van der Waals surface area contributed by atoms with E-state index in [0.29, 0.717) is 11.6 Å². The van der Waals surface area contributed by atoms with E-state index in [-0.39, 0.29) is 44.0 Å². The van der Waals surface area contributed by atoms with Gasteiger partial charge in [-0.3, -0.25) is 4.79 Å². The van der Waals surface area contributed by atoms with Crippen LogP contribution in [-0.2, 0) is 16.0 Å². The van der Waals surface area contributed by atoms with Gasteiger partial charge in [0.15, 0.2) is 0 Å². The Morgan fingerprint density at radius 2 is 1.82 bits per heavy atom. The van der Waals surface area contributed by atoms with Gasteiger partial charge in [0.05, 0.1) is 17.6 Å². The molecule has 11 heteroatoms. The average molecular weight is 489 g/mol. The number of amides is 1. The van der Waals surface area contributed by atoms with E-state index in [4.69, 9.17) is 4.74 Å². The van der Waals surface area contributed by atoms with Crippen molar-refractivity contribution < 1.29 is 35.5 Å². The van der Waals surface area contributed by atoms with Crippen molar-refractivity contribution in [3.63, 3.8) is 0 Å². The number of pyridine rings is 1. The van der Waals surface area contributed by atoms with Gasteiger partial charge in [0.1, 0.15) is 0 Å². The Kier molecular flexibility index (Phi) is 6.74. The molecule has 3 rings (SSSR count). The van der Waals surface area contributed by atoms with Gasteiger partial charge in [0.2, 0.25) is 20.7 Å². The first-order valence-corrected chi connectivity index (χ1v) is 11.7. The molecule has 1 saturated carbocycles. The van der Waals surface area contributed by atoms with Crippen molar-refractivity contribution in [3.8, 4) is 5.88 Å². The topological polar surface area (TPSA) is 85.4 Å². The van der Waals surface area contributed by atoms with Crippen LogP contribution in [0.2, 0.25) is 0 Å². The molecule has 1 N–H and O–H groups in total. The van der Waals surface area contributed by atoms with E-state index in [9.17, 15) is 26.4 Å². The van der Waals surface area contributed by atoms with Crippen LogP contribution in [0, 0.1) is 5.41 Å². The Morgan fingerprint density at radius 3 is 2.42 bits per heavy atom. The summed E-state index contributed by atoms with van der Waals surface area (Å²) in [5.74, 6) is -0.112. The Labute approximate surface area is 189 Å². The summed E-state index contributed by atoms with van der Waals surface area (Å²) in [6.45, 7) is 1.98. The second kappa shape index (κ2) is 8.92. The SMILES string of the molecule is COc1cc(C(=O)NCC2(C)CCC(F)(S(=O)(=O)c3cccc(C(F)(F)F)c3)CC2)ccn1. The molecule has 33 heavy (non-hydrogen) atoms. The number of halogens is 4. The van der Waals surface area contributed by atoms with Crippen molar-refractivity contribution in [1.29, 1.82) is 0 Å². The predicted octanol–water partition coefficient (Wildman–Crippen LogP) is 4.56. The molecular weight excluding hydrogens is 464 g/mol. The van der Waals surface area contributed by atoms with Gasteiger partial charge in [0, 0.05) is 24.4 Å². The van der Waals surface area contributed by atoms with E-state index in [2.05, 4.69) is 10.3 Å². The highest BCUT2D eigenvalue weighted by molar-refractivity contribution is 7.92. The molecule has 1 aliphatic rings. The maximum Gasteiger partial charge on any atom is 0.416 e. The Morgan fingerprint density at radius 1 is 1.15 bits per heavy atom. The first-order valence-electron chi connectivity index (χ1n) is 10.2. The molecule has 1 amide bonds. The molecule has 1 aromatic carbocycles. The van der Waals surface area contributed by atoms with E-state index in [1.54, 1.807) is 6.92 Å². The maximum absolute atomic E-state index is 15.6. The number of nitrogens with zero attached hydrogens (tertiary/aromatic N) is 1. The molecule has 0 spiro atoms. The maximum atomic E-state index is 15.6. The van der Waals surface area contributed by atoms with E-state index < -0.39 is 36.9 Å². The lowest BCUT2D eigenvalue weighted by Crippen LogP contribution is -2.45. The van der Waals surface area contributed by atoms with Crippen molar-refractivity contribution in [1.82, 2.24) is 10.3 Å². The Bertz CT molecular complexity index is 1130. The molecule has 0 radical (unpaired) electrons. The summed E-state index contributed by atoms with van der Waals surface area (Å²) in [6.07, 6.45) is -3.84. The molecule has 0 atom stereocenters. The Balaban J connectivity index is 1.69. The fourth-order valence-electron chi connectivity index (χ4n) is 3.78. The summed E-state index contributed by atoms with van der Waals surface area (Å²) in [7, 11) is -3.23. The third-order valence-electron chi connectivity index (χ3n) is 6.04. The summed E-state index contributed by atoms with van der Waals surface area (Å²) < 4.78 is 85.3. The smallest absolute Gasteiger partial charge is 0.416 e. The number of benzene rings is 1. The van der Waals surface area contributed by atoms with Crippen LogP contribution in [0.25, 0.3) is 0 Å². The average Bonchev–Trinajstić information content (AvgIpc) is 2.79. The molecule has 2 aromatic rings. The quantitative estimate of drug-likeness (QED) is 0.603. The number of aromatic nitrogens is 1. The number of hydrogen-bond donors (Lipinski definition) is 1. The largest absolute Gasteiger partial charge is 0.481 e. The van der Waals surface area contributed by atoms with Crippen molar-refractivity contribution in [2.75, 3.05) is 13.7 Å². The zero-order chi connectivity index (χ0) is 24.5. The van der Waals surface area contributed by atoms with E-state index in [0.717, 1.165) is 18.2 Å². The first kappa shape index (κ1) is 24.9. The zero-order valence-corrected chi connectivity index (χ0v) is 18.9. The summed E-state index contributed by atoms with van der Waals surface area (Å²) >= 11 is 0. The number of carbonyl (C=O) groups excluding carboxylic acids is 1. The molecule has 1 heterocycles. The summed E-state index contributed by atoms with van der Waals surface area (Å²) in [5.41, 5.74) is -1.40. The highest BCUT2D eigenvalue weighted by Crippen LogP contribution is 2.47. The molecule has 0 aliphatic heterocycles. The van der Waals surface area contributed by atoms with Gasteiger partial charge in [-0.25, -0.2) is 17.8 Å². The van der Waals surface area contributed by atoms with E-state index in [1.165, 1.54) is 25.4 Å². The monoisotopic (exact) mass is 488 g/mol. The molecule has 1 fully saturated rings. The zero-order valence-electron chi connectivity index (χ0n) is 18.1. The van der Waals surface area contributed by atoms with Crippen molar-refractivity contribution in [2.24, 2.45) is 5.41 Å². The number of ether oxygens (including phenoxy) is 1. The molecule has 0 saturated heterocycles. The summed E-state index contributed by atoms with van der Waals surface area (Å²) in [5, 5.41) is 0.0818. The van der Waals surface area contributed by atoms with Crippen molar-refractivity contribution in [2.45, 2.75) is 48.7 Å². The predicted molar refractivity (Wildman–Crippen MR) is 112 cm³/mol. The van der Waals surface area contributed by atoms with Gasteiger partial charge >= 0.3 is 6.18 Å². The lowest BCUT2D eigenvalue weighted by Gasteiger charge is -2.40. The van der Waals surface area contributed by atoms with Crippen LogP contribution in [0.3, 0.4) is 0 Å². The molecule has 0 bridgehead atoms. The molecule has 0 unspecified atom stereocenters. The van der Waals surface area contributed by atoms with Gasteiger partial charge < -0.3 is 10.1 Å². The molecular formula is C22H24F4N2O4S. The minimum Gasteiger partial charge on any atom is -0.481 e. The third kappa shape index (κ3) is 5.29. The third-order valence-corrected chi connectivity index (χ3v) is 8.28. The second-order valence-electron chi connectivity index (χ2n) is 8.49. The normalized spacial score (nSPS) is 23.7. The summed E-state index contributed by atoms with van der Waals surface area (Å²) in [4.78, 5) is 15.7. The number of nitrogens with one attached hydrogen (secondary N) is 1. The van der Waals surface area contributed by atoms with Gasteiger partial charge in [-0.05, 0) is 55.4 Å². The highest BCUT2D eigenvalue weighted by Gasteiger charge is 2.50. The van der Waals surface area contributed by atoms with Crippen LogP contribution in [0.4, 0.5) is 17.6 Å². The number of hydrogen-bond acceptors (Lipinski definition) is 5. The molecule has 180 valence electrons. The molecule has 1 aliphatic carbocycles. The van der Waals surface area contributed by atoms with Crippen LogP contribution >= 0.6 is 0 Å².